The van der Waals surface area contributed by atoms with Crippen LogP contribution in [-0.2, 0) is 0 Å². The van der Waals surface area contributed by atoms with Crippen LogP contribution in [0.4, 0.5) is 5.82 Å². The summed E-state index contributed by atoms with van der Waals surface area (Å²) in [6.45, 7) is 0.139. The molecule has 1 aliphatic rings. The predicted molar refractivity (Wildman–Crippen MR) is 61.2 cm³/mol. The van der Waals surface area contributed by atoms with Crippen molar-refractivity contribution >= 4 is 17.4 Å². The Labute approximate surface area is 94.5 Å². The maximum atomic E-state index is 9.44. The second kappa shape index (κ2) is 4.37. The highest BCUT2D eigenvalue weighted by atomic mass is 35.5. The second-order valence-electron chi connectivity index (χ2n) is 4.10. The lowest BCUT2D eigenvalue weighted by Gasteiger charge is -2.28. The summed E-state index contributed by atoms with van der Waals surface area (Å²) in [5.41, 5.74) is -0.210. The van der Waals surface area contributed by atoms with E-state index in [0.717, 1.165) is 25.7 Å². The zero-order chi connectivity index (χ0) is 10.7. The fourth-order valence-electron chi connectivity index (χ4n) is 2.10. The molecule has 0 aliphatic heterocycles. The fraction of sp³-hybridized carbons (Fsp3) is 0.545. The Bertz CT molecular complexity index is 337. The second-order valence-corrected chi connectivity index (χ2v) is 4.51. The molecule has 1 saturated carbocycles. The number of nitrogens with zero attached hydrogens (tertiary/aromatic N) is 1. The molecule has 2 N–H and O–H groups in total. The first kappa shape index (κ1) is 10.7. The van der Waals surface area contributed by atoms with Gasteiger partial charge in [0.1, 0.15) is 5.82 Å². The molecule has 0 radical (unpaired) electrons. The third kappa shape index (κ3) is 2.24. The van der Waals surface area contributed by atoms with Crippen molar-refractivity contribution in [3.8, 4) is 0 Å². The van der Waals surface area contributed by atoms with Crippen molar-refractivity contribution in [1.82, 2.24) is 4.98 Å². The zero-order valence-corrected chi connectivity index (χ0v) is 9.30. The van der Waals surface area contributed by atoms with Gasteiger partial charge in [0, 0.05) is 6.20 Å². The highest BCUT2D eigenvalue weighted by molar-refractivity contribution is 6.32. The number of pyridine rings is 1. The number of anilines is 1. The molecule has 1 heterocycles. The monoisotopic (exact) mass is 226 g/mol. The standard InChI is InChI=1S/C11H15ClN2O/c12-9-4-3-7-13-10(9)14-11(8-15)5-1-2-6-11/h3-4,7,15H,1-2,5-6,8H2,(H,13,14). The van der Waals surface area contributed by atoms with E-state index >= 15 is 0 Å². The van der Waals surface area contributed by atoms with Gasteiger partial charge in [-0.2, -0.15) is 0 Å². The normalized spacial score (nSPS) is 19.1. The topological polar surface area (TPSA) is 45.1 Å². The molecule has 1 fully saturated rings. The summed E-state index contributed by atoms with van der Waals surface area (Å²) in [4.78, 5) is 4.18. The van der Waals surface area contributed by atoms with E-state index in [1.165, 1.54) is 0 Å². The SMILES string of the molecule is OCC1(Nc2ncccc2Cl)CCCC1. The number of hydrogen-bond acceptors (Lipinski definition) is 3. The van der Waals surface area contributed by atoms with Crippen molar-refractivity contribution < 1.29 is 5.11 Å². The van der Waals surface area contributed by atoms with Gasteiger partial charge in [-0.3, -0.25) is 0 Å². The molecule has 15 heavy (non-hydrogen) atoms. The van der Waals surface area contributed by atoms with Crippen molar-refractivity contribution in [1.29, 1.82) is 0 Å². The van der Waals surface area contributed by atoms with Crippen LogP contribution in [0.15, 0.2) is 18.3 Å². The summed E-state index contributed by atoms with van der Waals surface area (Å²) in [6, 6.07) is 3.60. The first-order valence-corrected chi connectivity index (χ1v) is 5.63. The summed E-state index contributed by atoms with van der Waals surface area (Å²) in [6.07, 6.45) is 5.97. The molecule has 4 heteroatoms. The average molecular weight is 227 g/mol. The number of aliphatic hydroxyl groups excluding tert-OH is 1. The molecule has 1 aliphatic carbocycles. The third-order valence-electron chi connectivity index (χ3n) is 3.01. The van der Waals surface area contributed by atoms with E-state index in [0.29, 0.717) is 10.8 Å². The summed E-state index contributed by atoms with van der Waals surface area (Å²) < 4.78 is 0. The molecule has 2 rings (SSSR count). The Balaban J connectivity index is 2.16. The lowest BCUT2D eigenvalue weighted by Crippen LogP contribution is -2.39. The van der Waals surface area contributed by atoms with Crippen LogP contribution in [0.5, 0.6) is 0 Å². The number of aromatic nitrogens is 1. The van der Waals surface area contributed by atoms with Crippen LogP contribution in [0.25, 0.3) is 0 Å². The highest BCUT2D eigenvalue weighted by Crippen LogP contribution is 2.33. The van der Waals surface area contributed by atoms with Crippen LogP contribution in [0.2, 0.25) is 5.02 Å². The van der Waals surface area contributed by atoms with Crippen LogP contribution < -0.4 is 5.32 Å². The Morgan fingerprint density at radius 1 is 1.47 bits per heavy atom. The predicted octanol–water partition coefficient (Wildman–Crippen LogP) is 2.45. The zero-order valence-electron chi connectivity index (χ0n) is 8.54. The van der Waals surface area contributed by atoms with Gasteiger partial charge >= 0.3 is 0 Å². The van der Waals surface area contributed by atoms with Crippen LogP contribution in [0, 0.1) is 0 Å². The van der Waals surface area contributed by atoms with Crippen molar-refractivity contribution in [2.45, 2.75) is 31.2 Å². The molecule has 0 spiro atoms. The molecule has 0 bridgehead atoms. The minimum absolute atomic E-state index is 0.139. The van der Waals surface area contributed by atoms with Crippen molar-refractivity contribution in [3.63, 3.8) is 0 Å². The van der Waals surface area contributed by atoms with Crippen molar-refractivity contribution in [2.75, 3.05) is 11.9 Å². The lowest BCUT2D eigenvalue weighted by molar-refractivity contribution is 0.214. The number of aliphatic hydroxyl groups is 1. The van der Waals surface area contributed by atoms with Crippen LogP contribution in [0.1, 0.15) is 25.7 Å². The van der Waals surface area contributed by atoms with Crippen LogP contribution in [0.3, 0.4) is 0 Å². The minimum atomic E-state index is -0.210. The van der Waals surface area contributed by atoms with E-state index < -0.39 is 0 Å². The summed E-state index contributed by atoms with van der Waals surface area (Å²) >= 11 is 6.01. The Hall–Kier alpha value is -0.800. The van der Waals surface area contributed by atoms with Crippen molar-refractivity contribution in [2.24, 2.45) is 0 Å². The molecule has 0 amide bonds. The highest BCUT2D eigenvalue weighted by Gasteiger charge is 2.33. The molecule has 0 unspecified atom stereocenters. The van der Waals surface area contributed by atoms with E-state index in [9.17, 15) is 5.11 Å². The maximum Gasteiger partial charge on any atom is 0.145 e. The number of halogens is 1. The molecule has 0 saturated heterocycles. The minimum Gasteiger partial charge on any atom is -0.394 e. The van der Waals surface area contributed by atoms with E-state index in [2.05, 4.69) is 10.3 Å². The van der Waals surface area contributed by atoms with Crippen LogP contribution in [-0.4, -0.2) is 22.2 Å². The molecule has 82 valence electrons. The van der Waals surface area contributed by atoms with Gasteiger partial charge in [0.15, 0.2) is 0 Å². The van der Waals surface area contributed by atoms with Gasteiger partial charge in [-0.25, -0.2) is 4.98 Å². The molecule has 0 aromatic carbocycles. The van der Waals surface area contributed by atoms with E-state index in [1.807, 2.05) is 0 Å². The molecule has 1 aromatic rings. The lowest BCUT2D eigenvalue weighted by atomic mass is 9.99. The van der Waals surface area contributed by atoms with E-state index in [4.69, 9.17) is 11.6 Å². The first-order valence-electron chi connectivity index (χ1n) is 5.25. The molecule has 3 nitrogen and oxygen atoms in total. The Kier molecular flexibility index (Phi) is 3.12. The summed E-state index contributed by atoms with van der Waals surface area (Å²) in [5, 5.41) is 13.3. The van der Waals surface area contributed by atoms with Gasteiger partial charge in [-0.1, -0.05) is 24.4 Å². The summed E-state index contributed by atoms with van der Waals surface area (Å²) in [5.74, 6) is 0.676. The molecule has 0 atom stereocenters. The van der Waals surface area contributed by atoms with Gasteiger partial charge in [0.25, 0.3) is 0 Å². The van der Waals surface area contributed by atoms with Gasteiger partial charge in [-0.15, -0.1) is 0 Å². The Morgan fingerprint density at radius 2 is 2.20 bits per heavy atom. The number of hydrogen-bond donors (Lipinski definition) is 2. The molecular weight excluding hydrogens is 212 g/mol. The van der Waals surface area contributed by atoms with E-state index in [1.54, 1.807) is 18.3 Å². The van der Waals surface area contributed by atoms with Gasteiger partial charge in [-0.05, 0) is 25.0 Å². The third-order valence-corrected chi connectivity index (χ3v) is 3.31. The van der Waals surface area contributed by atoms with E-state index in [-0.39, 0.29) is 12.1 Å². The Morgan fingerprint density at radius 3 is 2.80 bits per heavy atom. The van der Waals surface area contributed by atoms with Gasteiger partial charge in [0.05, 0.1) is 17.2 Å². The van der Waals surface area contributed by atoms with Gasteiger partial charge in [0.2, 0.25) is 0 Å². The molecule has 1 aromatic heterocycles. The molecular formula is C11H15ClN2O. The smallest absolute Gasteiger partial charge is 0.145 e. The quantitative estimate of drug-likeness (QED) is 0.832. The maximum absolute atomic E-state index is 9.44. The number of rotatable bonds is 3. The van der Waals surface area contributed by atoms with Crippen molar-refractivity contribution in [3.05, 3.63) is 23.4 Å². The summed E-state index contributed by atoms with van der Waals surface area (Å²) in [7, 11) is 0. The largest absolute Gasteiger partial charge is 0.394 e. The number of nitrogens with one attached hydrogen (secondary N) is 1. The average Bonchev–Trinajstić information content (AvgIpc) is 2.71. The first-order chi connectivity index (χ1) is 7.26. The van der Waals surface area contributed by atoms with Gasteiger partial charge < -0.3 is 10.4 Å². The van der Waals surface area contributed by atoms with Crippen LogP contribution >= 0.6 is 11.6 Å². The fourth-order valence-corrected chi connectivity index (χ4v) is 2.27.